The van der Waals surface area contributed by atoms with Crippen molar-refractivity contribution in [3.05, 3.63) is 75.7 Å². The van der Waals surface area contributed by atoms with Gasteiger partial charge in [0.05, 0.1) is 11.3 Å². The first-order chi connectivity index (χ1) is 15.2. The van der Waals surface area contributed by atoms with Gasteiger partial charge in [-0.3, -0.25) is 4.79 Å². The highest BCUT2D eigenvalue weighted by molar-refractivity contribution is 7.10. The van der Waals surface area contributed by atoms with E-state index in [0.29, 0.717) is 18.9 Å². The molecule has 1 aliphatic rings. The average Bonchev–Trinajstić information content (AvgIpc) is 3.21. The van der Waals surface area contributed by atoms with E-state index in [1.54, 1.807) is 11.3 Å². The lowest BCUT2D eigenvalue weighted by Crippen LogP contribution is -2.28. The van der Waals surface area contributed by atoms with Crippen LogP contribution in [0, 0.1) is 18.7 Å². The number of carbonyl (C=O) groups excluding carboxylic acids is 1. The summed E-state index contributed by atoms with van der Waals surface area (Å²) in [6, 6.07) is 12.7. The molecule has 2 atom stereocenters. The normalized spacial score (nSPS) is 19.0. The van der Waals surface area contributed by atoms with E-state index in [9.17, 15) is 22.4 Å². The first-order valence-corrected chi connectivity index (χ1v) is 11.4. The number of nitrogens with one attached hydrogen (secondary N) is 1. The van der Waals surface area contributed by atoms with Crippen molar-refractivity contribution in [1.29, 1.82) is 0 Å². The number of hydrogen-bond acceptors (Lipinski definition) is 2. The molecular formula is C25H23F4NOS. The van der Waals surface area contributed by atoms with Gasteiger partial charge in [-0.2, -0.15) is 13.2 Å². The first kappa shape index (κ1) is 22.5. The van der Waals surface area contributed by atoms with Crippen molar-refractivity contribution in [3.8, 4) is 11.1 Å². The smallest absolute Gasteiger partial charge is 0.323 e. The quantitative estimate of drug-likeness (QED) is 0.395. The summed E-state index contributed by atoms with van der Waals surface area (Å²) in [4.78, 5) is 14.0. The van der Waals surface area contributed by atoms with Crippen LogP contribution in [0.5, 0.6) is 0 Å². The van der Waals surface area contributed by atoms with E-state index in [1.165, 1.54) is 16.0 Å². The lowest BCUT2D eigenvalue weighted by Gasteiger charge is -2.29. The van der Waals surface area contributed by atoms with E-state index < -0.39 is 17.6 Å². The largest absolute Gasteiger partial charge is 0.416 e. The molecule has 168 valence electrons. The Morgan fingerprint density at radius 3 is 2.41 bits per heavy atom. The summed E-state index contributed by atoms with van der Waals surface area (Å²) in [6.07, 6.45) is -1.49. The Bertz CT molecular complexity index is 1100. The number of aryl methyl sites for hydroxylation is 1. The van der Waals surface area contributed by atoms with Crippen LogP contribution in [0.25, 0.3) is 11.1 Å². The van der Waals surface area contributed by atoms with Gasteiger partial charge in [0, 0.05) is 10.8 Å². The van der Waals surface area contributed by atoms with Crippen molar-refractivity contribution in [2.24, 2.45) is 5.92 Å². The van der Waals surface area contributed by atoms with Crippen LogP contribution < -0.4 is 5.32 Å². The highest BCUT2D eigenvalue weighted by Crippen LogP contribution is 2.38. The fraction of sp³-hybridized carbons (Fsp3) is 0.320. The number of anilines is 1. The SMILES string of the molecule is Cc1cc(-c2ccc(C3CCCC(C(=O)Nc4ccc(C(F)(F)F)cc4F)C3)cc2)cs1. The molecule has 32 heavy (non-hydrogen) atoms. The molecule has 0 saturated heterocycles. The van der Waals surface area contributed by atoms with Gasteiger partial charge in [-0.05, 0) is 78.4 Å². The third-order valence-corrected chi connectivity index (χ3v) is 6.91. The van der Waals surface area contributed by atoms with Gasteiger partial charge in [0.15, 0.2) is 0 Å². The molecule has 1 amide bonds. The summed E-state index contributed by atoms with van der Waals surface area (Å²) in [7, 11) is 0. The van der Waals surface area contributed by atoms with Crippen LogP contribution in [0.3, 0.4) is 0 Å². The van der Waals surface area contributed by atoms with Crippen molar-refractivity contribution in [2.75, 3.05) is 5.32 Å². The maximum atomic E-state index is 14.1. The minimum atomic E-state index is -4.63. The second kappa shape index (κ2) is 9.06. The maximum Gasteiger partial charge on any atom is 0.416 e. The van der Waals surface area contributed by atoms with Crippen molar-refractivity contribution in [3.63, 3.8) is 0 Å². The van der Waals surface area contributed by atoms with Gasteiger partial charge in [0.2, 0.25) is 5.91 Å². The molecule has 0 aliphatic heterocycles. The number of alkyl halides is 3. The fourth-order valence-electron chi connectivity index (χ4n) is 4.30. The molecule has 1 fully saturated rings. The topological polar surface area (TPSA) is 29.1 Å². The van der Waals surface area contributed by atoms with Crippen molar-refractivity contribution in [1.82, 2.24) is 0 Å². The lowest BCUT2D eigenvalue weighted by molar-refractivity contribution is -0.137. The van der Waals surface area contributed by atoms with Gasteiger partial charge < -0.3 is 5.32 Å². The Kier molecular flexibility index (Phi) is 6.38. The summed E-state index contributed by atoms with van der Waals surface area (Å²) < 4.78 is 52.3. The van der Waals surface area contributed by atoms with Crippen LogP contribution in [-0.2, 0) is 11.0 Å². The van der Waals surface area contributed by atoms with Crippen LogP contribution >= 0.6 is 11.3 Å². The Hall–Kier alpha value is -2.67. The van der Waals surface area contributed by atoms with Crippen LogP contribution in [-0.4, -0.2) is 5.91 Å². The molecule has 0 spiro atoms. The Morgan fingerprint density at radius 1 is 1.03 bits per heavy atom. The Morgan fingerprint density at radius 2 is 1.78 bits per heavy atom. The number of amides is 1. The van der Waals surface area contributed by atoms with E-state index >= 15 is 0 Å². The standard InChI is InChI=1S/C25H23F4NOS/c1-15-11-20(14-32-15)17-7-5-16(6-8-17)18-3-2-4-19(12-18)24(31)30-23-10-9-21(13-22(23)26)25(27,28)29/h5-11,13-14,18-19H,2-4,12H2,1H3,(H,30,31). The van der Waals surface area contributed by atoms with Gasteiger partial charge in [-0.25, -0.2) is 4.39 Å². The second-order valence-corrected chi connectivity index (χ2v) is 9.43. The van der Waals surface area contributed by atoms with E-state index in [0.717, 1.165) is 30.5 Å². The molecule has 1 saturated carbocycles. The third-order valence-electron chi connectivity index (χ3n) is 6.05. The molecule has 2 aromatic carbocycles. The lowest BCUT2D eigenvalue weighted by atomic mass is 9.77. The van der Waals surface area contributed by atoms with Crippen molar-refractivity contribution >= 4 is 22.9 Å². The number of hydrogen-bond donors (Lipinski definition) is 1. The van der Waals surface area contributed by atoms with Gasteiger partial charge in [0.25, 0.3) is 0 Å². The van der Waals surface area contributed by atoms with E-state index in [2.05, 4.69) is 48.0 Å². The minimum Gasteiger partial charge on any atom is -0.323 e. The van der Waals surface area contributed by atoms with Crippen molar-refractivity contribution < 1.29 is 22.4 Å². The number of rotatable bonds is 4. The third kappa shape index (κ3) is 5.04. The zero-order chi connectivity index (χ0) is 22.9. The molecule has 1 aromatic heterocycles. The molecule has 2 nitrogen and oxygen atoms in total. The van der Waals surface area contributed by atoms with Crippen LogP contribution in [0.15, 0.2) is 53.9 Å². The summed E-state index contributed by atoms with van der Waals surface area (Å²) >= 11 is 1.71. The highest BCUT2D eigenvalue weighted by Gasteiger charge is 2.32. The molecule has 1 heterocycles. The molecule has 0 bridgehead atoms. The minimum absolute atomic E-state index is 0.218. The fourth-order valence-corrected chi connectivity index (χ4v) is 5.01. The van der Waals surface area contributed by atoms with Gasteiger partial charge in [-0.15, -0.1) is 11.3 Å². The zero-order valence-corrected chi connectivity index (χ0v) is 18.3. The van der Waals surface area contributed by atoms with E-state index in [1.807, 2.05) is 0 Å². The van der Waals surface area contributed by atoms with Crippen LogP contribution in [0.1, 0.15) is 47.6 Å². The Balaban J connectivity index is 1.42. The van der Waals surface area contributed by atoms with Crippen LogP contribution in [0.4, 0.5) is 23.2 Å². The van der Waals surface area contributed by atoms with E-state index in [4.69, 9.17) is 0 Å². The predicted molar refractivity (Wildman–Crippen MR) is 119 cm³/mol. The molecule has 1 aliphatic carbocycles. The van der Waals surface area contributed by atoms with Gasteiger partial charge >= 0.3 is 6.18 Å². The maximum absolute atomic E-state index is 14.1. The number of halogens is 4. The molecule has 0 radical (unpaired) electrons. The average molecular weight is 462 g/mol. The molecular weight excluding hydrogens is 438 g/mol. The summed E-state index contributed by atoms with van der Waals surface area (Å²) in [6.45, 7) is 2.08. The highest BCUT2D eigenvalue weighted by atomic mass is 32.1. The summed E-state index contributed by atoms with van der Waals surface area (Å²) in [5, 5.41) is 4.61. The first-order valence-electron chi connectivity index (χ1n) is 10.5. The monoisotopic (exact) mass is 461 g/mol. The van der Waals surface area contributed by atoms with Gasteiger partial charge in [0.1, 0.15) is 5.82 Å². The summed E-state index contributed by atoms with van der Waals surface area (Å²) in [5.74, 6) is -1.52. The Labute approximate surface area is 188 Å². The molecule has 3 aromatic rings. The summed E-state index contributed by atoms with van der Waals surface area (Å²) in [5.41, 5.74) is 2.21. The van der Waals surface area contributed by atoms with E-state index in [-0.39, 0.29) is 23.4 Å². The molecule has 1 N–H and O–H groups in total. The second-order valence-electron chi connectivity index (χ2n) is 8.31. The predicted octanol–water partition coefficient (Wildman–Crippen LogP) is 7.79. The molecule has 2 unspecified atom stereocenters. The van der Waals surface area contributed by atoms with Crippen molar-refractivity contribution in [2.45, 2.75) is 44.7 Å². The number of thiophene rings is 1. The van der Waals surface area contributed by atoms with Crippen LogP contribution in [0.2, 0.25) is 0 Å². The number of benzene rings is 2. The molecule has 7 heteroatoms. The number of carbonyl (C=O) groups is 1. The zero-order valence-electron chi connectivity index (χ0n) is 17.5. The molecule has 4 rings (SSSR count). The van der Waals surface area contributed by atoms with Gasteiger partial charge in [-0.1, -0.05) is 30.7 Å².